The van der Waals surface area contributed by atoms with E-state index < -0.39 is 5.92 Å². The lowest BCUT2D eigenvalue weighted by Crippen LogP contribution is -2.13. The van der Waals surface area contributed by atoms with Gasteiger partial charge in [-0.2, -0.15) is 10.5 Å². The molecule has 1 rings (SSSR count). The van der Waals surface area contributed by atoms with E-state index in [0.29, 0.717) is 0 Å². The summed E-state index contributed by atoms with van der Waals surface area (Å²) in [6, 6.07) is 10.8. The van der Waals surface area contributed by atoms with Gasteiger partial charge in [0.1, 0.15) is 0 Å². The van der Waals surface area contributed by atoms with Crippen molar-refractivity contribution < 1.29 is 4.79 Å². The lowest BCUT2D eigenvalue weighted by atomic mass is 10.00. The van der Waals surface area contributed by atoms with Crippen molar-refractivity contribution in [3.05, 3.63) is 35.4 Å². The topological polar surface area (TPSA) is 64.7 Å². The fraction of sp³-hybridized carbons (Fsp3) is 0.250. The van der Waals surface area contributed by atoms with Crippen LogP contribution >= 0.6 is 0 Å². The smallest absolute Gasteiger partial charge is 0.191 e. The van der Waals surface area contributed by atoms with Crippen LogP contribution in [0.15, 0.2) is 24.3 Å². The molecule has 0 amide bonds. The molecule has 74 valence electrons. The summed E-state index contributed by atoms with van der Waals surface area (Å²) in [4.78, 5) is 11.4. The number of nitriles is 2. The number of Topliss-reactive ketones (excluding diaryl/α,β-unsaturated/α-hetero) is 1. The monoisotopic (exact) mass is 198 g/mol. The summed E-state index contributed by atoms with van der Waals surface area (Å²) in [5.41, 5.74) is 1.95. The highest BCUT2D eigenvalue weighted by molar-refractivity contribution is 5.87. The summed E-state index contributed by atoms with van der Waals surface area (Å²) in [7, 11) is 0. The quantitative estimate of drug-likeness (QED) is 0.743. The second-order valence-corrected chi connectivity index (χ2v) is 3.32. The first-order chi connectivity index (χ1) is 7.17. The van der Waals surface area contributed by atoms with Gasteiger partial charge in [0.15, 0.2) is 11.7 Å². The van der Waals surface area contributed by atoms with Crippen molar-refractivity contribution in [1.29, 1.82) is 10.5 Å². The minimum absolute atomic E-state index is 0.145. The van der Waals surface area contributed by atoms with E-state index in [9.17, 15) is 4.79 Å². The fourth-order valence-corrected chi connectivity index (χ4v) is 1.18. The first-order valence-corrected chi connectivity index (χ1v) is 4.55. The van der Waals surface area contributed by atoms with Gasteiger partial charge in [0.25, 0.3) is 0 Å². The average molecular weight is 198 g/mol. The maximum absolute atomic E-state index is 11.4. The van der Waals surface area contributed by atoms with Gasteiger partial charge in [-0.05, 0) is 12.5 Å². The molecule has 0 saturated carbocycles. The first kappa shape index (κ1) is 10.9. The molecule has 3 heteroatoms. The van der Waals surface area contributed by atoms with Crippen molar-refractivity contribution >= 4 is 5.78 Å². The highest BCUT2D eigenvalue weighted by atomic mass is 16.1. The first-order valence-electron chi connectivity index (χ1n) is 4.55. The molecule has 1 aromatic rings. The Balaban J connectivity index is 2.72. The number of carbonyl (C=O) groups is 1. The molecule has 0 radical (unpaired) electrons. The Morgan fingerprint density at radius 2 is 1.80 bits per heavy atom. The van der Waals surface area contributed by atoms with Crippen LogP contribution in [0.5, 0.6) is 0 Å². The van der Waals surface area contributed by atoms with E-state index in [1.54, 1.807) is 12.1 Å². The van der Waals surface area contributed by atoms with Gasteiger partial charge in [-0.25, -0.2) is 0 Å². The number of aryl methyl sites for hydroxylation is 1. The largest absolute Gasteiger partial charge is 0.297 e. The highest BCUT2D eigenvalue weighted by Crippen LogP contribution is 2.07. The zero-order chi connectivity index (χ0) is 11.3. The van der Waals surface area contributed by atoms with Crippen LogP contribution in [0.25, 0.3) is 0 Å². The lowest BCUT2D eigenvalue weighted by molar-refractivity contribution is -0.119. The normalized spacial score (nSPS) is 9.33. The number of benzene rings is 1. The maximum Gasteiger partial charge on any atom is 0.191 e. The van der Waals surface area contributed by atoms with E-state index >= 15 is 0 Å². The highest BCUT2D eigenvalue weighted by Gasteiger charge is 2.16. The summed E-state index contributed by atoms with van der Waals surface area (Å²) in [5.74, 6) is -1.49. The van der Waals surface area contributed by atoms with Crippen molar-refractivity contribution in [2.45, 2.75) is 13.3 Å². The van der Waals surface area contributed by atoms with Gasteiger partial charge in [-0.3, -0.25) is 4.79 Å². The second-order valence-electron chi connectivity index (χ2n) is 3.32. The Morgan fingerprint density at radius 1 is 1.27 bits per heavy atom. The number of nitrogens with zero attached hydrogens (tertiary/aromatic N) is 2. The van der Waals surface area contributed by atoms with E-state index in [-0.39, 0.29) is 12.2 Å². The van der Waals surface area contributed by atoms with Gasteiger partial charge in [0, 0.05) is 6.42 Å². The van der Waals surface area contributed by atoms with Crippen LogP contribution in [-0.4, -0.2) is 5.78 Å². The summed E-state index contributed by atoms with van der Waals surface area (Å²) in [5, 5.41) is 17.1. The lowest BCUT2D eigenvalue weighted by Gasteiger charge is -2.01. The molecule has 1 aromatic carbocycles. The summed E-state index contributed by atoms with van der Waals surface area (Å²) in [6.45, 7) is 1.96. The molecule has 3 nitrogen and oxygen atoms in total. The average Bonchev–Trinajstić information content (AvgIpc) is 2.23. The molecule has 0 heterocycles. The predicted octanol–water partition coefficient (Wildman–Crippen LogP) is 1.77. The Labute approximate surface area is 88.6 Å². The molecule has 0 bridgehead atoms. The van der Waals surface area contributed by atoms with Gasteiger partial charge in [-0.15, -0.1) is 0 Å². The van der Waals surface area contributed by atoms with Crippen LogP contribution in [0.4, 0.5) is 0 Å². The number of ketones is 1. The number of hydrogen-bond acceptors (Lipinski definition) is 3. The molecule has 0 aliphatic rings. The van der Waals surface area contributed by atoms with E-state index in [1.165, 1.54) is 0 Å². The van der Waals surface area contributed by atoms with E-state index in [0.717, 1.165) is 11.1 Å². The van der Waals surface area contributed by atoms with Crippen molar-refractivity contribution in [3.8, 4) is 12.1 Å². The summed E-state index contributed by atoms with van der Waals surface area (Å²) in [6.07, 6.45) is 0.145. The van der Waals surface area contributed by atoms with Gasteiger partial charge >= 0.3 is 0 Å². The van der Waals surface area contributed by atoms with Gasteiger partial charge in [-0.1, -0.05) is 29.8 Å². The van der Waals surface area contributed by atoms with Crippen LogP contribution in [0.2, 0.25) is 0 Å². The van der Waals surface area contributed by atoms with Crippen LogP contribution in [0.1, 0.15) is 11.1 Å². The molecule has 0 aromatic heterocycles. The fourth-order valence-electron chi connectivity index (χ4n) is 1.18. The summed E-state index contributed by atoms with van der Waals surface area (Å²) < 4.78 is 0. The standard InChI is InChI=1S/C12H10N2O/c1-9-2-4-10(5-3-9)6-12(15)11(7-13)8-14/h2-5,11H,6H2,1H3. The Hall–Kier alpha value is -2.13. The minimum Gasteiger partial charge on any atom is -0.297 e. The maximum atomic E-state index is 11.4. The third-order valence-corrected chi connectivity index (χ3v) is 2.08. The Kier molecular flexibility index (Phi) is 3.60. The number of hydrogen-bond donors (Lipinski definition) is 0. The van der Waals surface area contributed by atoms with Gasteiger partial charge in [0.05, 0.1) is 12.1 Å². The third kappa shape index (κ3) is 2.93. The van der Waals surface area contributed by atoms with Crippen LogP contribution in [0, 0.1) is 35.5 Å². The van der Waals surface area contributed by atoms with Crippen molar-refractivity contribution in [2.24, 2.45) is 5.92 Å². The Morgan fingerprint density at radius 3 is 2.27 bits per heavy atom. The molecular formula is C12H10N2O. The minimum atomic E-state index is -1.15. The molecule has 0 fully saturated rings. The summed E-state index contributed by atoms with van der Waals surface area (Å²) >= 11 is 0. The molecule has 0 saturated heterocycles. The Bertz CT molecular complexity index is 420. The molecule has 0 unspecified atom stereocenters. The molecule has 0 spiro atoms. The molecule has 0 N–H and O–H groups in total. The zero-order valence-corrected chi connectivity index (χ0v) is 8.40. The van der Waals surface area contributed by atoms with Gasteiger partial charge in [0.2, 0.25) is 0 Å². The molecule has 15 heavy (non-hydrogen) atoms. The SMILES string of the molecule is Cc1ccc(CC(=O)C(C#N)C#N)cc1. The van der Waals surface area contributed by atoms with E-state index in [1.807, 2.05) is 31.2 Å². The van der Waals surface area contributed by atoms with Gasteiger partial charge < -0.3 is 0 Å². The van der Waals surface area contributed by atoms with E-state index in [2.05, 4.69) is 0 Å². The molecule has 0 aliphatic heterocycles. The number of carbonyl (C=O) groups excluding carboxylic acids is 1. The second kappa shape index (κ2) is 4.93. The van der Waals surface area contributed by atoms with Crippen LogP contribution in [0.3, 0.4) is 0 Å². The van der Waals surface area contributed by atoms with Crippen LogP contribution in [-0.2, 0) is 11.2 Å². The molecular weight excluding hydrogens is 188 g/mol. The third-order valence-electron chi connectivity index (χ3n) is 2.08. The van der Waals surface area contributed by atoms with Crippen molar-refractivity contribution in [3.63, 3.8) is 0 Å². The van der Waals surface area contributed by atoms with E-state index in [4.69, 9.17) is 10.5 Å². The zero-order valence-electron chi connectivity index (χ0n) is 8.40. The van der Waals surface area contributed by atoms with Crippen molar-refractivity contribution in [1.82, 2.24) is 0 Å². The number of rotatable bonds is 3. The van der Waals surface area contributed by atoms with Crippen LogP contribution < -0.4 is 0 Å². The molecule has 0 atom stereocenters. The molecule has 0 aliphatic carbocycles. The predicted molar refractivity (Wildman–Crippen MR) is 54.6 cm³/mol. The van der Waals surface area contributed by atoms with Crippen molar-refractivity contribution in [2.75, 3.05) is 0 Å².